The molecule has 2 aromatic carbocycles. The molecule has 4 aromatic rings. The van der Waals surface area contributed by atoms with Crippen LogP contribution < -0.4 is 9.64 Å². The topological polar surface area (TPSA) is 60.2 Å². The van der Waals surface area contributed by atoms with Crippen molar-refractivity contribution in [2.45, 2.75) is 26.3 Å². The standard InChI is InChI=1S/C23H24N4O2S.ClH/c1-17-5-3-6-18(13-17)14-22(28)27(11-4-10-26-12-9-24-16-26)23-25-20-8-7-19(29-2)15-21(20)30-23;/h3,5-9,12-13,15-16H,4,10-11,14H2,1-2H3;1H. The molecule has 2 heterocycles. The first-order valence-corrected chi connectivity index (χ1v) is 10.7. The molecule has 8 heteroatoms. The number of ether oxygens (including phenoxy) is 1. The first-order chi connectivity index (χ1) is 14.6. The molecule has 0 saturated heterocycles. The number of hydrogen-bond acceptors (Lipinski definition) is 5. The van der Waals surface area contributed by atoms with E-state index >= 15 is 0 Å². The Morgan fingerprint density at radius 1 is 1.23 bits per heavy atom. The molecule has 1 amide bonds. The molecule has 0 N–H and O–H groups in total. The van der Waals surface area contributed by atoms with Crippen LogP contribution in [0.2, 0.25) is 0 Å². The van der Waals surface area contributed by atoms with Crippen LogP contribution in [0.3, 0.4) is 0 Å². The Labute approximate surface area is 191 Å². The Bertz CT molecular complexity index is 1140. The van der Waals surface area contributed by atoms with Crippen molar-refractivity contribution in [3.8, 4) is 5.75 Å². The van der Waals surface area contributed by atoms with Crippen LogP contribution in [0.1, 0.15) is 17.5 Å². The van der Waals surface area contributed by atoms with Gasteiger partial charge in [-0.3, -0.25) is 9.69 Å². The number of benzene rings is 2. The molecule has 162 valence electrons. The van der Waals surface area contributed by atoms with Crippen molar-refractivity contribution < 1.29 is 9.53 Å². The number of anilines is 1. The van der Waals surface area contributed by atoms with E-state index in [2.05, 4.69) is 11.1 Å². The average Bonchev–Trinajstić information content (AvgIpc) is 3.40. The maximum absolute atomic E-state index is 13.3. The molecule has 0 aliphatic rings. The number of imidazole rings is 1. The summed E-state index contributed by atoms with van der Waals surface area (Å²) in [7, 11) is 1.65. The third-order valence-corrected chi connectivity index (χ3v) is 5.95. The fourth-order valence-electron chi connectivity index (χ4n) is 3.38. The molecule has 0 spiro atoms. The number of carbonyl (C=O) groups is 1. The molecule has 0 unspecified atom stereocenters. The molecular weight excluding hydrogens is 432 g/mol. The second-order valence-electron chi connectivity index (χ2n) is 7.20. The zero-order valence-electron chi connectivity index (χ0n) is 17.5. The molecule has 6 nitrogen and oxygen atoms in total. The average molecular weight is 457 g/mol. The highest BCUT2D eigenvalue weighted by Gasteiger charge is 2.20. The molecule has 4 rings (SSSR count). The number of nitrogens with zero attached hydrogens (tertiary/aromatic N) is 4. The Morgan fingerprint density at radius 3 is 2.84 bits per heavy atom. The van der Waals surface area contributed by atoms with E-state index in [0.29, 0.717) is 13.0 Å². The van der Waals surface area contributed by atoms with Crippen molar-refractivity contribution in [2.75, 3.05) is 18.6 Å². The van der Waals surface area contributed by atoms with Gasteiger partial charge in [-0.2, -0.15) is 0 Å². The molecule has 0 aliphatic carbocycles. The number of aromatic nitrogens is 3. The van der Waals surface area contributed by atoms with Crippen LogP contribution in [-0.4, -0.2) is 34.1 Å². The fourth-order valence-corrected chi connectivity index (χ4v) is 4.42. The smallest absolute Gasteiger partial charge is 0.233 e. The lowest BCUT2D eigenvalue weighted by molar-refractivity contribution is -0.118. The third-order valence-electron chi connectivity index (χ3n) is 4.91. The number of carbonyl (C=O) groups excluding carboxylic acids is 1. The first-order valence-electron chi connectivity index (χ1n) is 9.88. The van der Waals surface area contributed by atoms with Gasteiger partial charge in [-0.1, -0.05) is 41.2 Å². The molecule has 2 aromatic heterocycles. The van der Waals surface area contributed by atoms with Gasteiger partial charge in [-0.15, -0.1) is 12.4 Å². The number of aryl methyl sites for hydroxylation is 2. The minimum absolute atomic E-state index is 0. The number of hydrogen-bond donors (Lipinski definition) is 0. The summed E-state index contributed by atoms with van der Waals surface area (Å²) in [4.78, 5) is 23.9. The molecular formula is C23H25ClN4O2S. The van der Waals surface area contributed by atoms with Crippen molar-refractivity contribution in [1.29, 1.82) is 0 Å². The van der Waals surface area contributed by atoms with Gasteiger partial charge < -0.3 is 9.30 Å². The van der Waals surface area contributed by atoms with Gasteiger partial charge in [-0.25, -0.2) is 9.97 Å². The lowest BCUT2D eigenvalue weighted by Gasteiger charge is -2.20. The van der Waals surface area contributed by atoms with Crippen LogP contribution in [0.15, 0.2) is 61.2 Å². The van der Waals surface area contributed by atoms with Gasteiger partial charge in [0.05, 0.1) is 30.1 Å². The zero-order valence-corrected chi connectivity index (χ0v) is 19.2. The maximum atomic E-state index is 13.3. The Kier molecular flexibility index (Phi) is 7.65. The lowest BCUT2D eigenvalue weighted by Crippen LogP contribution is -2.33. The zero-order chi connectivity index (χ0) is 20.9. The van der Waals surface area contributed by atoms with Crippen molar-refractivity contribution in [2.24, 2.45) is 0 Å². The summed E-state index contributed by atoms with van der Waals surface area (Å²) in [5.41, 5.74) is 3.04. The lowest BCUT2D eigenvalue weighted by atomic mass is 10.1. The Hall–Kier alpha value is -2.90. The Morgan fingerprint density at radius 2 is 2.10 bits per heavy atom. The number of amides is 1. The number of thiazole rings is 1. The minimum Gasteiger partial charge on any atom is -0.497 e. The largest absolute Gasteiger partial charge is 0.497 e. The van der Waals surface area contributed by atoms with Crippen LogP contribution >= 0.6 is 23.7 Å². The summed E-state index contributed by atoms with van der Waals surface area (Å²) in [5.74, 6) is 0.840. The predicted octanol–water partition coefficient (Wildman–Crippen LogP) is 4.90. The van der Waals surface area contributed by atoms with E-state index in [9.17, 15) is 4.79 Å². The fraction of sp³-hybridized carbons (Fsp3) is 0.261. The summed E-state index contributed by atoms with van der Waals surface area (Å²) < 4.78 is 8.35. The van der Waals surface area contributed by atoms with Gasteiger partial charge >= 0.3 is 0 Å². The van der Waals surface area contributed by atoms with Crippen molar-refractivity contribution in [3.63, 3.8) is 0 Å². The number of rotatable bonds is 8. The van der Waals surface area contributed by atoms with E-state index in [1.165, 1.54) is 11.3 Å². The quantitative estimate of drug-likeness (QED) is 0.378. The first kappa shape index (κ1) is 22.8. The van der Waals surface area contributed by atoms with E-state index < -0.39 is 0 Å². The van der Waals surface area contributed by atoms with E-state index in [4.69, 9.17) is 9.72 Å². The molecule has 0 fully saturated rings. The van der Waals surface area contributed by atoms with E-state index in [1.54, 1.807) is 19.6 Å². The third kappa shape index (κ3) is 5.62. The van der Waals surface area contributed by atoms with Crippen molar-refractivity contribution >= 4 is 45.0 Å². The number of methoxy groups -OCH3 is 1. The van der Waals surface area contributed by atoms with E-state index in [0.717, 1.165) is 45.2 Å². The van der Waals surface area contributed by atoms with Gasteiger partial charge in [0.25, 0.3) is 0 Å². The van der Waals surface area contributed by atoms with Crippen LogP contribution in [0.4, 0.5) is 5.13 Å². The van der Waals surface area contributed by atoms with Crippen molar-refractivity contribution in [3.05, 3.63) is 72.3 Å². The van der Waals surface area contributed by atoms with Crippen LogP contribution in [-0.2, 0) is 17.8 Å². The molecule has 31 heavy (non-hydrogen) atoms. The van der Waals surface area contributed by atoms with E-state index in [1.807, 2.05) is 59.0 Å². The number of fused-ring (bicyclic) bond motifs is 1. The van der Waals surface area contributed by atoms with E-state index in [-0.39, 0.29) is 18.3 Å². The molecule has 0 aliphatic heterocycles. The SMILES string of the molecule is COc1ccc2nc(N(CCCn3ccnc3)C(=O)Cc3cccc(C)c3)sc2c1.Cl. The maximum Gasteiger partial charge on any atom is 0.233 e. The highest BCUT2D eigenvalue weighted by molar-refractivity contribution is 7.22. The molecule has 0 atom stereocenters. The van der Waals surface area contributed by atoms with Gasteiger partial charge in [0.15, 0.2) is 5.13 Å². The number of halogens is 1. The predicted molar refractivity (Wildman–Crippen MR) is 128 cm³/mol. The van der Waals surface area contributed by atoms with Crippen LogP contribution in [0.25, 0.3) is 10.2 Å². The molecule has 0 bridgehead atoms. The van der Waals surface area contributed by atoms with Gasteiger partial charge in [0, 0.05) is 25.5 Å². The van der Waals surface area contributed by atoms with Gasteiger partial charge in [0.2, 0.25) is 5.91 Å². The van der Waals surface area contributed by atoms with Crippen molar-refractivity contribution in [1.82, 2.24) is 14.5 Å². The monoisotopic (exact) mass is 456 g/mol. The van der Waals surface area contributed by atoms with Crippen LogP contribution in [0.5, 0.6) is 5.75 Å². The normalized spacial score (nSPS) is 10.6. The highest BCUT2D eigenvalue weighted by Crippen LogP contribution is 2.32. The highest BCUT2D eigenvalue weighted by atomic mass is 35.5. The molecule has 0 radical (unpaired) electrons. The second kappa shape index (κ2) is 10.4. The summed E-state index contributed by atoms with van der Waals surface area (Å²) in [6.07, 6.45) is 6.66. The Balaban J connectivity index is 0.00000272. The summed E-state index contributed by atoms with van der Waals surface area (Å²) in [6, 6.07) is 13.9. The molecule has 0 saturated carbocycles. The summed E-state index contributed by atoms with van der Waals surface area (Å²) in [5, 5.41) is 0.724. The summed E-state index contributed by atoms with van der Waals surface area (Å²) in [6.45, 7) is 3.44. The van der Waals surface area contributed by atoms with Crippen LogP contribution in [0, 0.1) is 6.92 Å². The summed E-state index contributed by atoms with van der Waals surface area (Å²) >= 11 is 1.52. The minimum atomic E-state index is 0. The van der Waals surface area contributed by atoms with Gasteiger partial charge in [0.1, 0.15) is 5.75 Å². The van der Waals surface area contributed by atoms with Gasteiger partial charge in [-0.05, 0) is 37.1 Å². The second-order valence-corrected chi connectivity index (χ2v) is 8.20.